The minimum absolute atomic E-state index is 0.280. The van der Waals surface area contributed by atoms with Gasteiger partial charge in [-0.05, 0) is 12.8 Å². The molecular formula is C10H20N4OS. The van der Waals surface area contributed by atoms with Crippen LogP contribution in [-0.2, 0) is 13.1 Å². The van der Waals surface area contributed by atoms with Crippen molar-refractivity contribution in [3.63, 3.8) is 0 Å². The average Bonchev–Trinajstić information content (AvgIpc) is 2.69. The van der Waals surface area contributed by atoms with Crippen LogP contribution in [0.3, 0.4) is 0 Å². The van der Waals surface area contributed by atoms with E-state index in [9.17, 15) is 5.11 Å². The fourth-order valence-electron chi connectivity index (χ4n) is 1.31. The lowest BCUT2D eigenvalue weighted by molar-refractivity contribution is 0.195. The lowest BCUT2D eigenvalue weighted by Crippen LogP contribution is -2.11. The summed E-state index contributed by atoms with van der Waals surface area (Å²) >= 11 is 1.54. The molecule has 1 heterocycles. The minimum Gasteiger partial charge on any atom is -0.392 e. The van der Waals surface area contributed by atoms with E-state index < -0.39 is 0 Å². The van der Waals surface area contributed by atoms with Gasteiger partial charge < -0.3 is 15.4 Å². The van der Waals surface area contributed by atoms with E-state index in [2.05, 4.69) is 17.1 Å². The van der Waals surface area contributed by atoms with Crippen LogP contribution in [0.2, 0.25) is 0 Å². The Bertz CT molecular complexity index is 316. The number of nitrogens with two attached hydrogens (primary N) is 1. The predicted molar refractivity (Wildman–Crippen MR) is 65.2 cm³/mol. The summed E-state index contributed by atoms with van der Waals surface area (Å²) in [5, 5.41) is 18.5. The standard InChI is InChI=1S/C10H20N4OS/c1-3-5-14-9(6-11)12-13-10(14)16-7-8(15)4-2/h8,15H,3-7,11H2,1-2H3. The van der Waals surface area contributed by atoms with Crippen molar-refractivity contribution in [2.75, 3.05) is 5.75 Å². The first kappa shape index (κ1) is 13.5. The Morgan fingerprint density at radius 1 is 1.44 bits per heavy atom. The van der Waals surface area contributed by atoms with E-state index in [-0.39, 0.29) is 6.10 Å². The van der Waals surface area contributed by atoms with Crippen molar-refractivity contribution in [2.24, 2.45) is 5.73 Å². The number of nitrogens with zero attached hydrogens (tertiary/aromatic N) is 3. The Balaban J connectivity index is 2.67. The minimum atomic E-state index is -0.280. The van der Waals surface area contributed by atoms with E-state index in [0.717, 1.165) is 30.4 Å². The molecule has 0 aliphatic carbocycles. The van der Waals surface area contributed by atoms with Crippen LogP contribution in [0, 0.1) is 0 Å². The highest BCUT2D eigenvalue weighted by Crippen LogP contribution is 2.19. The summed E-state index contributed by atoms with van der Waals surface area (Å²) in [6.45, 7) is 5.36. The third-order valence-electron chi connectivity index (χ3n) is 2.30. The molecule has 3 N–H and O–H groups in total. The van der Waals surface area contributed by atoms with Crippen molar-refractivity contribution in [3.8, 4) is 0 Å². The number of thioether (sulfide) groups is 1. The second-order valence-electron chi connectivity index (χ2n) is 3.63. The van der Waals surface area contributed by atoms with Gasteiger partial charge in [0.1, 0.15) is 5.82 Å². The first-order valence-electron chi connectivity index (χ1n) is 5.65. The van der Waals surface area contributed by atoms with Gasteiger partial charge in [-0.2, -0.15) is 0 Å². The third-order valence-corrected chi connectivity index (χ3v) is 3.41. The van der Waals surface area contributed by atoms with Crippen molar-refractivity contribution in [1.82, 2.24) is 14.8 Å². The topological polar surface area (TPSA) is 77.0 Å². The van der Waals surface area contributed by atoms with Crippen LogP contribution < -0.4 is 5.73 Å². The highest BCUT2D eigenvalue weighted by Gasteiger charge is 2.12. The molecule has 1 rings (SSSR count). The van der Waals surface area contributed by atoms with Crippen molar-refractivity contribution < 1.29 is 5.11 Å². The quantitative estimate of drug-likeness (QED) is 0.700. The Hall–Kier alpha value is -0.590. The van der Waals surface area contributed by atoms with Crippen LogP contribution >= 0.6 is 11.8 Å². The Labute approximate surface area is 100 Å². The smallest absolute Gasteiger partial charge is 0.191 e. The lowest BCUT2D eigenvalue weighted by Gasteiger charge is -2.09. The summed E-state index contributed by atoms with van der Waals surface area (Å²) in [5.74, 6) is 1.47. The van der Waals surface area contributed by atoms with Gasteiger partial charge in [0, 0.05) is 12.3 Å². The van der Waals surface area contributed by atoms with E-state index in [4.69, 9.17) is 5.73 Å². The largest absolute Gasteiger partial charge is 0.392 e. The molecule has 1 aromatic heterocycles. The van der Waals surface area contributed by atoms with Crippen molar-refractivity contribution >= 4 is 11.8 Å². The molecule has 0 bridgehead atoms. The zero-order valence-corrected chi connectivity index (χ0v) is 10.7. The summed E-state index contributed by atoms with van der Waals surface area (Å²) in [5.41, 5.74) is 5.59. The number of aliphatic hydroxyl groups excluding tert-OH is 1. The van der Waals surface area contributed by atoms with E-state index in [1.807, 2.05) is 11.5 Å². The maximum Gasteiger partial charge on any atom is 0.191 e. The lowest BCUT2D eigenvalue weighted by atomic mass is 10.3. The van der Waals surface area contributed by atoms with Gasteiger partial charge in [-0.25, -0.2) is 0 Å². The van der Waals surface area contributed by atoms with Gasteiger partial charge in [0.2, 0.25) is 0 Å². The first-order valence-corrected chi connectivity index (χ1v) is 6.64. The molecule has 6 heteroatoms. The Kier molecular flexibility index (Phi) is 5.79. The van der Waals surface area contributed by atoms with Crippen LogP contribution in [0.25, 0.3) is 0 Å². The molecule has 1 unspecified atom stereocenters. The van der Waals surface area contributed by atoms with Gasteiger partial charge in [-0.1, -0.05) is 25.6 Å². The van der Waals surface area contributed by atoms with Gasteiger partial charge in [0.25, 0.3) is 0 Å². The maximum absolute atomic E-state index is 9.50. The number of hydrogen-bond donors (Lipinski definition) is 2. The molecule has 1 atom stereocenters. The number of aromatic nitrogens is 3. The summed E-state index contributed by atoms with van der Waals surface area (Å²) in [4.78, 5) is 0. The number of rotatable bonds is 7. The molecule has 16 heavy (non-hydrogen) atoms. The highest BCUT2D eigenvalue weighted by atomic mass is 32.2. The molecule has 0 aromatic carbocycles. The molecule has 0 saturated heterocycles. The second kappa shape index (κ2) is 6.88. The molecule has 0 saturated carbocycles. The molecule has 1 aromatic rings. The van der Waals surface area contributed by atoms with Gasteiger partial charge in [0.05, 0.1) is 12.6 Å². The second-order valence-corrected chi connectivity index (χ2v) is 4.61. The molecule has 0 amide bonds. The molecule has 0 aliphatic heterocycles. The molecule has 0 aliphatic rings. The molecular weight excluding hydrogens is 224 g/mol. The normalized spacial score (nSPS) is 13.0. The first-order chi connectivity index (χ1) is 7.72. The van der Waals surface area contributed by atoms with E-state index in [1.54, 1.807) is 0 Å². The van der Waals surface area contributed by atoms with Gasteiger partial charge >= 0.3 is 0 Å². The van der Waals surface area contributed by atoms with Gasteiger partial charge in [0.15, 0.2) is 5.16 Å². The summed E-state index contributed by atoms with van der Waals surface area (Å²) in [6.07, 6.45) is 1.51. The highest BCUT2D eigenvalue weighted by molar-refractivity contribution is 7.99. The van der Waals surface area contributed by atoms with Crippen molar-refractivity contribution in [2.45, 2.75) is 51.0 Å². The molecule has 0 spiro atoms. The summed E-state index contributed by atoms with van der Waals surface area (Å²) in [7, 11) is 0. The SMILES string of the molecule is CCCn1c(CN)nnc1SCC(O)CC. The van der Waals surface area contributed by atoms with E-state index >= 15 is 0 Å². The third kappa shape index (κ3) is 3.47. The Morgan fingerprint density at radius 2 is 2.19 bits per heavy atom. The predicted octanol–water partition coefficient (Wildman–Crippen LogP) is 1.01. The summed E-state index contributed by atoms with van der Waals surface area (Å²) < 4.78 is 2.03. The fraction of sp³-hybridized carbons (Fsp3) is 0.800. The van der Waals surface area contributed by atoms with Gasteiger partial charge in [-0.3, -0.25) is 0 Å². The average molecular weight is 244 g/mol. The zero-order valence-electron chi connectivity index (χ0n) is 9.89. The molecule has 0 radical (unpaired) electrons. The maximum atomic E-state index is 9.50. The monoisotopic (exact) mass is 244 g/mol. The fourth-order valence-corrected chi connectivity index (χ4v) is 2.34. The molecule has 5 nitrogen and oxygen atoms in total. The van der Waals surface area contributed by atoms with E-state index in [0.29, 0.717) is 12.3 Å². The van der Waals surface area contributed by atoms with Crippen LogP contribution in [0.1, 0.15) is 32.5 Å². The summed E-state index contributed by atoms with van der Waals surface area (Å²) in [6, 6.07) is 0. The van der Waals surface area contributed by atoms with E-state index in [1.165, 1.54) is 11.8 Å². The molecule has 0 fully saturated rings. The Morgan fingerprint density at radius 3 is 2.75 bits per heavy atom. The number of hydrogen-bond acceptors (Lipinski definition) is 5. The number of aliphatic hydroxyl groups is 1. The van der Waals surface area contributed by atoms with Crippen LogP contribution in [0.4, 0.5) is 0 Å². The van der Waals surface area contributed by atoms with Crippen LogP contribution in [0.15, 0.2) is 5.16 Å². The van der Waals surface area contributed by atoms with Crippen molar-refractivity contribution in [1.29, 1.82) is 0 Å². The van der Waals surface area contributed by atoms with Crippen LogP contribution in [-0.4, -0.2) is 31.7 Å². The van der Waals surface area contributed by atoms with Gasteiger partial charge in [-0.15, -0.1) is 10.2 Å². The van der Waals surface area contributed by atoms with Crippen molar-refractivity contribution in [3.05, 3.63) is 5.82 Å². The molecule has 92 valence electrons. The van der Waals surface area contributed by atoms with Crippen LogP contribution in [0.5, 0.6) is 0 Å². The zero-order chi connectivity index (χ0) is 12.0.